The van der Waals surface area contributed by atoms with Crippen LogP contribution in [0.1, 0.15) is 41.7 Å². The molecule has 2 aliphatic rings. The summed E-state index contributed by atoms with van der Waals surface area (Å²) < 4.78 is 0. The highest BCUT2D eigenvalue weighted by Gasteiger charge is 2.28. The molecule has 4 rings (SSSR count). The first kappa shape index (κ1) is 16.9. The Morgan fingerprint density at radius 3 is 2.42 bits per heavy atom. The van der Waals surface area contributed by atoms with Crippen molar-refractivity contribution in [1.29, 1.82) is 0 Å². The molecule has 0 radical (unpaired) electrons. The Hall–Kier alpha value is -2.50. The van der Waals surface area contributed by atoms with E-state index in [1.54, 1.807) is 0 Å². The minimum Gasteiger partial charge on any atom is -0.358 e. The standard InChI is InChI=1S/C20H26N4O2/c1-14-18(16-8-4-5-9-17(16)21-14)19(25)23-10-12-24(13-11-23)20(26)22-15-6-2-3-7-15/h4-5,8-9,15,21H,2-3,6-7,10-13H2,1H3,(H,22,26). The highest BCUT2D eigenvalue weighted by molar-refractivity contribution is 6.08. The van der Waals surface area contributed by atoms with Gasteiger partial charge in [0.25, 0.3) is 5.91 Å². The van der Waals surface area contributed by atoms with E-state index in [1.807, 2.05) is 41.0 Å². The van der Waals surface area contributed by atoms with Crippen LogP contribution in [0.2, 0.25) is 0 Å². The molecule has 26 heavy (non-hydrogen) atoms. The van der Waals surface area contributed by atoms with Crippen LogP contribution in [-0.2, 0) is 0 Å². The number of piperazine rings is 1. The summed E-state index contributed by atoms with van der Waals surface area (Å²) >= 11 is 0. The molecule has 1 aromatic heterocycles. The van der Waals surface area contributed by atoms with Gasteiger partial charge in [0.15, 0.2) is 0 Å². The Morgan fingerprint density at radius 2 is 1.69 bits per heavy atom. The molecular formula is C20H26N4O2. The normalized spacial score (nSPS) is 18.5. The van der Waals surface area contributed by atoms with Gasteiger partial charge in [0, 0.05) is 48.8 Å². The molecule has 1 saturated carbocycles. The summed E-state index contributed by atoms with van der Waals surface area (Å²) in [6.07, 6.45) is 4.59. The number of nitrogens with zero attached hydrogens (tertiary/aromatic N) is 2. The van der Waals surface area contributed by atoms with Gasteiger partial charge in [-0.25, -0.2) is 4.79 Å². The number of benzene rings is 1. The number of hydrogen-bond acceptors (Lipinski definition) is 2. The molecule has 2 fully saturated rings. The highest BCUT2D eigenvalue weighted by atomic mass is 16.2. The lowest BCUT2D eigenvalue weighted by Crippen LogP contribution is -2.54. The maximum absolute atomic E-state index is 13.0. The van der Waals surface area contributed by atoms with E-state index in [2.05, 4.69) is 10.3 Å². The molecular weight excluding hydrogens is 328 g/mol. The van der Waals surface area contributed by atoms with Crippen LogP contribution in [0.25, 0.3) is 10.9 Å². The van der Waals surface area contributed by atoms with Gasteiger partial charge in [-0.05, 0) is 25.8 Å². The van der Waals surface area contributed by atoms with Crippen molar-refractivity contribution >= 4 is 22.8 Å². The SMILES string of the molecule is Cc1[nH]c2ccccc2c1C(=O)N1CCN(C(=O)NC2CCCC2)CC1. The summed E-state index contributed by atoms with van der Waals surface area (Å²) in [5, 5.41) is 4.10. The number of aromatic nitrogens is 1. The van der Waals surface area contributed by atoms with E-state index in [1.165, 1.54) is 12.8 Å². The predicted molar refractivity (Wildman–Crippen MR) is 101 cm³/mol. The molecule has 1 aromatic carbocycles. The average Bonchev–Trinajstić information content (AvgIpc) is 3.27. The summed E-state index contributed by atoms with van der Waals surface area (Å²) in [6.45, 7) is 4.28. The fourth-order valence-corrected chi connectivity index (χ4v) is 4.16. The Balaban J connectivity index is 1.40. The third-order valence-corrected chi connectivity index (χ3v) is 5.64. The number of aromatic amines is 1. The van der Waals surface area contributed by atoms with Crippen molar-refractivity contribution in [3.63, 3.8) is 0 Å². The lowest BCUT2D eigenvalue weighted by molar-refractivity contribution is 0.0664. The van der Waals surface area contributed by atoms with E-state index in [0.717, 1.165) is 35.0 Å². The maximum Gasteiger partial charge on any atom is 0.317 e. The van der Waals surface area contributed by atoms with Crippen molar-refractivity contribution in [2.45, 2.75) is 38.6 Å². The summed E-state index contributed by atoms with van der Waals surface area (Å²) in [5.41, 5.74) is 2.64. The Kier molecular flexibility index (Phi) is 4.57. The fraction of sp³-hybridized carbons (Fsp3) is 0.500. The molecule has 2 heterocycles. The number of urea groups is 1. The summed E-state index contributed by atoms with van der Waals surface area (Å²) in [6, 6.07) is 8.25. The lowest BCUT2D eigenvalue weighted by atomic mass is 10.1. The van der Waals surface area contributed by atoms with Gasteiger partial charge in [0.1, 0.15) is 0 Å². The molecule has 0 bridgehead atoms. The Morgan fingerprint density at radius 1 is 1.04 bits per heavy atom. The van der Waals surface area contributed by atoms with E-state index in [-0.39, 0.29) is 11.9 Å². The highest BCUT2D eigenvalue weighted by Crippen LogP contribution is 2.24. The average molecular weight is 354 g/mol. The molecule has 0 spiro atoms. The van der Waals surface area contributed by atoms with E-state index in [9.17, 15) is 9.59 Å². The van der Waals surface area contributed by atoms with E-state index in [4.69, 9.17) is 0 Å². The van der Waals surface area contributed by atoms with Crippen molar-refractivity contribution in [1.82, 2.24) is 20.1 Å². The molecule has 0 unspecified atom stereocenters. The van der Waals surface area contributed by atoms with Crippen LogP contribution in [0.15, 0.2) is 24.3 Å². The first-order valence-corrected chi connectivity index (χ1v) is 9.55. The van der Waals surface area contributed by atoms with Crippen LogP contribution in [0.3, 0.4) is 0 Å². The zero-order chi connectivity index (χ0) is 18.1. The number of carbonyl (C=O) groups is 2. The van der Waals surface area contributed by atoms with E-state index in [0.29, 0.717) is 32.2 Å². The largest absolute Gasteiger partial charge is 0.358 e. The Labute approximate surface area is 153 Å². The van der Waals surface area contributed by atoms with Crippen LogP contribution in [0.4, 0.5) is 4.79 Å². The number of hydrogen-bond donors (Lipinski definition) is 2. The summed E-state index contributed by atoms with van der Waals surface area (Å²) in [4.78, 5) is 32.4. The van der Waals surface area contributed by atoms with Gasteiger partial charge in [-0.1, -0.05) is 31.0 Å². The first-order chi connectivity index (χ1) is 12.6. The van der Waals surface area contributed by atoms with Gasteiger partial charge in [-0.2, -0.15) is 0 Å². The van der Waals surface area contributed by atoms with Crippen molar-refractivity contribution in [3.8, 4) is 0 Å². The molecule has 138 valence electrons. The summed E-state index contributed by atoms with van der Waals surface area (Å²) in [5.74, 6) is 0.0517. The number of aryl methyl sites for hydroxylation is 1. The number of H-pyrrole nitrogens is 1. The zero-order valence-corrected chi connectivity index (χ0v) is 15.3. The number of carbonyl (C=O) groups excluding carboxylic acids is 2. The van der Waals surface area contributed by atoms with Crippen molar-refractivity contribution < 1.29 is 9.59 Å². The molecule has 2 N–H and O–H groups in total. The second-order valence-electron chi connectivity index (χ2n) is 7.38. The predicted octanol–water partition coefficient (Wildman–Crippen LogP) is 2.89. The van der Waals surface area contributed by atoms with Crippen LogP contribution in [0.5, 0.6) is 0 Å². The van der Waals surface area contributed by atoms with Gasteiger partial charge in [0.2, 0.25) is 0 Å². The minimum absolute atomic E-state index is 0.0206. The zero-order valence-electron chi connectivity index (χ0n) is 15.3. The van der Waals surface area contributed by atoms with Crippen LogP contribution < -0.4 is 5.32 Å². The summed E-state index contributed by atoms with van der Waals surface area (Å²) in [7, 11) is 0. The van der Waals surface area contributed by atoms with E-state index >= 15 is 0 Å². The molecule has 6 heteroatoms. The minimum atomic E-state index is 0.0206. The van der Waals surface area contributed by atoms with Crippen molar-refractivity contribution in [2.24, 2.45) is 0 Å². The van der Waals surface area contributed by atoms with Gasteiger partial charge >= 0.3 is 6.03 Å². The number of rotatable bonds is 2. The number of fused-ring (bicyclic) bond motifs is 1. The fourth-order valence-electron chi connectivity index (χ4n) is 4.16. The van der Waals surface area contributed by atoms with Gasteiger partial charge in [-0.15, -0.1) is 0 Å². The molecule has 1 aliphatic heterocycles. The molecule has 2 aromatic rings. The molecule has 1 saturated heterocycles. The number of amides is 3. The number of para-hydroxylation sites is 1. The van der Waals surface area contributed by atoms with E-state index < -0.39 is 0 Å². The second kappa shape index (κ2) is 7.02. The van der Waals surface area contributed by atoms with Crippen LogP contribution in [-0.4, -0.2) is 58.9 Å². The maximum atomic E-state index is 13.0. The molecule has 3 amide bonds. The third-order valence-electron chi connectivity index (χ3n) is 5.64. The number of nitrogens with one attached hydrogen (secondary N) is 2. The van der Waals surface area contributed by atoms with Crippen molar-refractivity contribution in [2.75, 3.05) is 26.2 Å². The third kappa shape index (κ3) is 3.16. The van der Waals surface area contributed by atoms with Gasteiger partial charge < -0.3 is 20.1 Å². The van der Waals surface area contributed by atoms with Crippen molar-refractivity contribution in [3.05, 3.63) is 35.5 Å². The lowest BCUT2D eigenvalue weighted by Gasteiger charge is -2.35. The molecule has 1 aliphatic carbocycles. The van der Waals surface area contributed by atoms with Gasteiger partial charge in [-0.3, -0.25) is 4.79 Å². The quantitative estimate of drug-likeness (QED) is 0.871. The van der Waals surface area contributed by atoms with Crippen LogP contribution in [0, 0.1) is 6.92 Å². The van der Waals surface area contributed by atoms with Gasteiger partial charge in [0.05, 0.1) is 5.56 Å². The van der Waals surface area contributed by atoms with Crippen LogP contribution >= 0.6 is 0 Å². The Bertz CT molecular complexity index is 814. The molecule has 0 atom stereocenters. The smallest absolute Gasteiger partial charge is 0.317 e. The first-order valence-electron chi connectivity index (χ1n) is 9.55. The monoisotopic (exact) mass is 354 g/mol. The second-order valence-corrected chi connectivity index (χ2v) is 7.38. The molecule has 6 nitrogen and oxygen atoms in total. The topological polar surface area (TPSA) is 68.4 Å².